The van der Waals surface area contributed by atoms with Gasteiger partial charge in [-0.15, -0.1) is 0 Å². The van der Waals surface area contributed by atoms with E-state index in [1.807, 2.05) is 65.7 Å². The van der Waals surface area contributed by atoms with Crippen LogP contribution in [-0.4, -0.2) is 42.4 Å². The summed E-state index contributed by atoms with van der Waals surface area (Å²) in [6.45, 7) is 2.96. The van der Waals surface area contributed by atoms with Crippen molar-refractivity contribution >= 4 is 22.6 Å². The summed E-state index contributed by atoms with van der Waals surface area (Å²) in [5.74, 6) is 0.841. The SMILES string of the molecule is O=C(NCc1cccc2[nH]ccc12)c1c(N2CCOCC2)noc1-c1ccccc1. The first-order valence-electron chi connectivity index (χ1n) is 10.0. The van der Waals surface area contributed by atoms with Crippen LogP contribution in [0.4, 0.5) is 5.82 Å². The molecular formula is C23H22N4O3. The van der Waals surface area contributed by atoms with Gasteiger partial charge in [0.2, 0.25) is 0 Å². The van der Waals surface area contributed by atoms with Crippen molar-refractivity contribution in [1.29, 1.82) is 0 Å². The number of benzene rings is 2. The third-order valence-electron chi connectivity index (χ3n) is 5.37. The topological polar surface area (TPSA) is 83.4 Å². The first-order valence-corrected chi connectivity index (χ1v) is 10.0. The van der Waals surface area contributed by atoms with Crippen molar-refractivity contribution in [3.63, 3.8) is 0 Å². The smallest absolute Gasteiger partial charge is 0.259 e. The number of anilines is 1. The zero-order valence-corrected chi connectivity index (χ0v) is 16.4. The number of rotatable bonds is 5. The number of aromatic nitrogens is 2. The minimum atomic E-state index is -0.205. The maximum atomic E-state index is 13.3. The van der Waals surface area contributed by atoms with Crippen LogP contribution < -0.4 is 10.2 Å². The standard InChI is InChI=1S/C23H22N4O3/c28-23(25-15-17-7-4-8-19-18(17)9-10-24-19)20-21(16-5-2-1-3-6-16)30-26-22(20)27-11-13-29-14-12-27/h1-10,24H,11-15H2,(H,25,28). The van der Waals surface area contributed by atoms with Crippen LogP contribution >= 0.6 is 0 Å². The van der Waals surface area contributed by atoms with Gasteiger partial charge in [0.05, 0.1) is 13.2 Å². The number of carbonyl (C=O) groups is 1. The van der Waals surface area contributed by atoms with Gasteiger partial charge in [-0.25, -0.2) is 0 Å². The Bertz CT molecular complexity index is 1160. The molecule has 2 aromatic heterocycles. The van der Waals surface area contributed by atoms with Crippen molar-refractivity contribution in [1.82, 2.24) is 15.5 Å². The lowest BCUT2D eigenvalue weighted by atomic mass is 10.1. The van der Waals surface area contributed by atoms with E-state index in [9.17, 15) is 4.79 Å². The van der Waals surface area contributed by atoms with Crippen LogP contribution in [0.15, 0.2) is 65.3 Å². The van der Waals surface area contributed by atoms with Crippen molar-refractivity contribution in [3.05, 3.63) is 71.9 Å². The molecule has 2 aromatic carbocycles. The van der Waals surface area contributed by atoms with Gasteiger partial charge in [-0.3, -0.25) is 4.79 Å². The summed E-state index contributed by atoms with van der Waals surface area (Å²) < 4.78 is 11.1. The Morgan fingerprint density at radius 3 is 2.73 bits per heavy atom. The molecule has 0 radical (unpaired) electrons. The molecule has 30 heavy (non-hydrogen) atoms. The van der Waals surface area contributed by atoms with E-state index in [4.69, 9.17) is 9.26 Å². The average molecular weight is 402 g/mol. The Balaban J connectivity index is 1.47. The molecule has 4 aromatic rings. The van der Waals surface area contributed by atoms with Gasteiger partial charge in [0.25, 0.3) is 5.91 Å². The largest absolute Gasteiger partial charge is 0.378 e. The molecule has 7 nitrogen and oxygen atoms in total. The number of hydrogen-bond donors (Lipinski definition) is 2. The van der Waals surface area contributed by atoms with E-state index < -0.39 is 0 Å². The van der Waals surface area contributed by atoms with E-state index in [1.54, 1.807) is 0 Å². The number of nitrogens with zero attached hydrogens (tertiary/aromatic N) is 2. The molecule has 0 saturated carbocycles. The summed E-state index contributed by atoms with van der Waals surface area (Å²) in [5, 5.41) is 8.42. The molecule has 1 aliphatic rings. The minimum absolute atomic E-state index is 0.205. The molecule has 1 amide bonds. The maximum Gasteiger partial charge on any atom is 0.259 e. The molecule has 152 valence electrons. The number of morpholine rings is 1. The van der Waals surface area contributed by atoms with Crippen LogP contribution in [0.3, 0.4) is 0 Å². The highest BCUT2D eigenvalue weighted by molar-refractivity contribution is 6.04. The summed E-state index contributed by atoms with van der Waals surface area (Å²) in [7, 11) is 0. The molecular weight excluding hydrogens is 380 g/mol. The number of aromatic amines is 1. The molecule has 5 rings (SSSR count). The number of carbonyl (C=O) groups excluding carboxylic acids is 1. The fraction of sp³-hybridized carbons (Fsp3) is 0.217. The highest BCUT2D eigenvalue weighted by atomic mass is 16.5. The van der Waals surface area contributed by atoms with Crippen molar-refractivity contribution in [2.75, 3.05) is 31.2 Å². The van der Waals surface area contributed by atoms with Gasteiger partial charge in [0.1, 0.15) is 5.56 Å². The van der Waals surface area contributed by atoms with Gasteiger partial charge in [-0.05, 0) is 17.7 Å². The molecule has 0 atom stereocenters. The zero-order valence-electron chi connectivity index (χ0n) is 16.4. The van der Waals surface area contributed by atoms with Gasteiger partial charge < -0.3 is 24.5 Å². The van der Waals surface area contributed by atoms with Gasteiger partial charge in [0, 0.05) is 42.3 Å². The predicted molar refractivity (Wildman–Crippen MR) is 114 cm³/mol. The quantitative estimate of drug-likeness (QED) is 0.533. The molecule has 1 saturated heterocycles. The third kappa shape index (κ3) is 3.44. The second-order valence-corrected chi connectivity index (χ2v) is 7.21. The summed E-state index contributed by atoms with van der Waals surface area (Å²) in [6.07, 6.45) is 1.90. The molecule has 7 heteroatoms. The van der Waals surface area contributed by atoms with E-state index >= 15 is 0 Å². The van der Waals surface area contributed by atoms with Gasteiger partial charge >= 0.3 is 0 Å². The first-order chi connectivity index (χ1) is 14.8. The highest BCUT2D eigenvalue weighted by Gasteiger charge is 2.28. The number of amides is 1. The molecule has 0 bridgehead atoms. The molecule has 1 fully saturated rings. The lowest BCUT2D eigenvalue weighted by molar-refractivity contribution is 0.0950. The minimum Gasteiger partial charge on any atom is -0.378 e. The summed E-state index contributed by atoms with van der Waals surface area (Å²) in [4.78, 5) is 18.6. The number of nitrogens with one attached hydrogen (secondary N) is 2. The van der Waals surface area contributed by atoms with Crippen molar-refractivity contribution < 1.29 is 14.1 Å². The van der Waals surface area contributed by atoms with E-state index in [-0.39, 0.29) is 5.91 Å². The third-order valence-corrected chi connectivity index (χ3v) is 5.37. The first kappa shape index (κ1) is 18.4. The van der Waals surface area contributed by atoms with E-state index in [0.29, 0.717) is 50.0 Å². The number of H-pyrrole nitrogens is 1. The highest BCUT2D eigenvalue weighted by Crippen LogP contribution is 2.32. The van der Waals surface area contributed by atoms with Crippen LogP contribution in [0.2, 0.25) is 0 Å². The molecule has 2 N–H and O–H groups in total. The second-order valence-electron chi connectivity index (χ2n) is 7.21. The van der Waals surface area contributed by atoms with Gasteiger partial charge in [-0.2, -0.15) is 0 Å². The Kier molecular flexibility index (Phi) is 4.94. The number of ether oxygens (including phenoxy) is 1. The molecule has 0 unspecified atom stereocenters. The van der Waals surface area contributed by atoms with Crippen molar-refractivity contribution in [3.8, 4) is 11.3 Å². The van der Waals surface area contributed by atoms with Crippen molar-refractivity contribution in [2.24, 2.45) is 0 Å². The summed E-state index contributed by atoms with van der Waals surface area (Å²) in [5.41, 5.74) is 3.38. The fourth-order valence-corrected chi connectivity index (χ4v) is 3.83. The number of hydrogen-bond acceptors (Lipinski definition) is 5. The fourth-order valence-electron chi connectivity index (χ4n) is 3.83. The molecule has 3 heterocycles. The maximum absolute atomic E-state index is 13.3. The van der Waals surface area contributed by atoms with Crippen LogP contribution in [0.5, 0.6) is 0 Å². The van der Waals surface area contributed by atoms with Crippen molar-refractivity contribution in [2.45, 2.75) is 6.54 Å². The monoisotopic (exact) mass is 402 g/mol. The van der Waals surface area contributed by atoms with E-state index in [0.717, 1.165) is 22.0 Å². The molecule has 0 aliphatic carbocycles. The van der Waals surface area contributed by atoms with Gasteiger partial charge in [0.15, 0.2) is 11.6 Å². The molecule has 1 aliphatic heterocycles. The normalized spacial score (nSPS) is 14.2. The van der Waals surface area contributed by atoms with Crippen LogP contribution in [0.1, 0.15) is 15.9 Å². The number of fused-ring (bicyclic) bond motifs is 1. The summed E-state index contributed by atoms with van der Waals surface area (Å²) >= 11 is 0. The predicted octanol–water partition coefficient (Wildman–Crippen LogP) is 3.59. The van der Waals surface area contributed by atoms with E-state index in [1.165, 1.54) is 0 Å². The van der Waals surface area contributed by atoms with Crippen LogP contribution in [0.25, 0.3) is 22.2 Å². The van der Waals surface area contributed by atoms with E-state index in [2.05, 4.69) is 15.5 Å². The van der Waals surface area contributed by atoms with Crippen LogP contribution in [0, 0.1) is 0 Å². The van der Waals surface area contributed by atoms with Crippen LogP contribution in [-0.2, 0) is 11.3 Å². The average Bonchev–Trinajstić information content (AvgIpc) is 3.46. The Labute approximate surface area is 173 Å². The second kappa shape index (κ2) is 8.04. The Hall–Kier alpha value is -3.58. The summed E-state index contributed by atoms with van der Waals surface area (Å²) in [6, 6.07) is 17.6. The Morgan fingerprint density at radius 1 is 1.07 bits per heavy atom. The molecule has 0 spiro atoms. The lowest BCUT2D eigenvalue weighted by Gasteiger charge is -2.27. The Morgan fingerprint density at radius 2 is 1.90 bits per heavy atom. The lowest BCUT2D eigenvalue weighted by Crippen LogP contribution is -2.38. The zero-order chi connectivity index (χ0) is 20.3. The van der Waals surface area contributed by atoms with Gasteiger partial charge in [-0.1, -0.05) is 47.6 Å².